The van der Waals surface area contributed by atoms with E-state index >= 15 is 0 Å². The Balaban J connectivity index is 2.85. The van der Waals surface area contributed by atoms with Gasteiger partial charge in [0, 0.05) is 26.2 Å². The highest BCUT2D eigenvalue weighted by Gasteiger charge is 2.35. The van der Waals surface area contributed by atoms with Crippen molar-refractivity contribution in [3.8, 4) is 6.07 Å². The summed E-state index contributed by atoms with van der Waals surface area (Å²) < 4.78 is 27.4. The molecule has 0 aromatic heterocycles. The van der Waals surface area contributed by atoms with Crippen molar-refractivity contribution in [3.05, 3.63) is 0 Å². The second kappa shape index (κ2) is 7.02. The number of aliphatic carboxylic acids is 1. The summed E-state index contributed by atoms with van der Waals surface area (Å²) in [5.74, 6) is -2.01. The molecule has 0 spiro atoms. The van der Waals surface area contributed by atoms with E-state index in [1.165, 1.54) is 8.61 Å². The number of carboxylic acid groups (broad SMARTS) is 1. The van der Waals surface area contributed by atoms with E-state index in [1.807, 2.05) is 6.07 Å². The average Bonchev–Trinajstić information content (AvgIpc) is 2.44. The molecule has 1 aliphatic rings. The molecule has 0 aliphatic carbocycles. The zero-order valence-corrected chi connectivity index (χ0v) is 12.6. The van der Waals surface area contributed by atoms with E-state index in [0.717, 1.165) is 0 Å². The molecule has 2 unspecified atom stereocenters. The molecule has 2 atom stereocenters. The molecule has 20 heavy (non-hydrogen) atoms. The molecule has 0 radical (unpaired) electrons. The zero-order chi connectivity index (χ0) is 15.3. The van der Waals surface area contributed by atoms with E-state index in [0.29, 0.717) is 19.4 Å². The first kappa shape index (κ1) is 16.9. The molecular formula is C12H21N3O4S. The Morgan fingerprint density at radius 3 is 2.75 bits per heavy atom. The predicted octanol–water partition coefficient (Wildman–Crippen LogP) is 0.509. The number of nitrogens with zero attached hydrogens (tertiary/aromatic N) is 3. The third-order valence-electron chi connectivity index (χ3n) is 3.44. The fraction of sp³-hybridized carbons (Fsp3) is 0.833. The molecule has 1 heterocycles. The van der Waals surface area contributed by atoms with Crippen LogP contribution in [0, 0.1) is 23.2 Å². The fourth-order valence-electron chi connectivity index (χ4n) is 2.25. The van der Waals surface area contributed by atoms with Crippen LogP contribution < -0.4 is 0 Å². The van der Waals surface area contributed by atoms with Crippen molar-refractivity contribution in [1.82, 2.24) is 8.61 Å². The monoisotopic (exact) mass is 303 g/mol. The second-order valence-electron chi connectivity index (χ2n) is 5.02. The van der Waals surface area contributed by atoms with Crippen LogP contribution in [-0.2, 0) is 15.0 Å². The molecule has 0 aromatic rings. The SMILES string of the molecule is CCN(CC(C)C#N)S(=O)(=O)N1CCCC(C(=O)O)C1. The maximum absolute atomic E-state index is 12.5. The lowest BCUT2D eigenvalue weighted by atomic mass is 10.0. The molecule has 1 saturated heterocycles. The lowest BCUT2D eigenvalue weighted by Crippen LogP contribution is -2.50. The minimum absolute atomic E-state index is 0.00903. The maximum atomic E-state index is 12.5. The number of piperidine rings is 1. The van der Waals surface area contributed by atoms with E-state index < -0.39 is 28.0 Å². The summed E-state index contributed by atoms with van der Waals surface area (Å²) in [5.41, 5.74) is 0. The molecule has 0 aromatic carbocycles. The molecule has 0 amide bonds. The summed E-state index contributed by atoms with van der Waals surface area (Å²) in [5, 5.41) is 17.8. The summed E-state index contributed by atoms with van der Waals surface area (Å²) in [4.78, 5) is 11.0. The molecule has 8 heteroatoms. The number of carbonyl (C=O) groups is 1. The molecule has 0 saturated carbocycles. The van der Waals surface area contributed by atoms with Crippen molar-refractivity contribution < 1.29 is 18.3 Å². The first-order valence-corrected chi connectivity index (χ1v) is 8.10. The summed E-state index contributed by atoms with van der Waals surface area (Å²) >= 11 is 0. The normalized spacial score (nSPS) is 22.4. The van der Waals surface area contributed by atoms with Gasteiger partial charge in [-0.25, -0.2) is 0 Å². The first-order valence-electron chi connectivity index (χ1n) is 6.70. The van der Waals surface area contributed by atoms with Crippen LogP contribution in [0.4, 0.5) is 0 Å². The highest BCUT2D eigenvalue weighted by atomic mass is 32.2. The van der Waals surface area contributed by atoms with Crippen LogP contribution in [0.5, 0.6) is 0 Å². The average molecular weight is 303 g/mol. The lowest BCUT2D eigenvalue weighted by Gasteiger charge is -2.34. The Morgan fingerprint density at radius 1 is 1.60 bits per heavy atom. The predicted molar refractivity (Wildman–Crippen MR) is 72.9 cm³/mol. The van der Waals surface area contributed by atoms with Gasteiger partial charge in [0.15, 0.2) is 0 Å². The highest BCUT2D eigenvalue weighted by Crippen LogP contribution is 2.21. The van der Waals surface area contributed by atoms with E-state index in [2.05, 4.69) is 0 Å². The standard InChI is InChI=1S/C12H21N3O4S/c1-3-14(8-10(2)7-13)20(18,19)15-6-4-5-11(9-15)12(16)17/h10-11H,3-6,8-9H2,1-2H3,(H,16,17). The van der Waals surface area contributed by atoms with Crippen LogP contribution in [0.15, 0.2) is 0 Å². The number of nitriles is 1. The van der Waals surface area contributed by atoms with Crippen molar-refractivity contribution in [2.75, 3.05) is 26.2 Å². The second-order valence-corrected chi connectivity index (χ2v) is 6.95. The van der Waals surface area contributed by atoms with Gasteiger partial charge in [-0.3, -0.25) is 4.79 Å². The first-order chi connectivity index (χ1) is 9.32. The summed E-state index contributed by atoms with van der Waals surface area (Å²) in [6, 6.07) is 2.01. The van der Waals surface area contributed by atoms with Gasteiger partial charge in [0.1, 0.15) is 0 Å². The molecule has 0 bridgehead atoms. The quantitative estimate of drug-likeness (QED) is 0.770. The molecule has 114 valence electrons. The number of hydrogen-bond acceptors (Lipinski definition) is 4. The van der Waals surface area contributed by atoms with Gasteiger partial charge in [-0.15, -0.1) is 0 Å². The van der Waals surface area contributed by atoms with Gasteiger partial charge in [0.25, 0.3) is 10.2 Å². The lowest BCUT2D eigenvalue weighted by molar-refractivity contribution is -0.142. The summed E-state index contributed by atoms with van der Waals surface area (Å²) in [6.45, 7) is 4.11. The fourth-order valence-corrected chi connectivity index (χ4v) is 4.04. The summed E-state index contributed by atoms with van der Waals surface area (Å²) in [6.07, 6.45) is 1.05. The van der Waals surface area contributed by atoms with Crippen molar-refractivity contribution >= 4 is 16.2 Å². The van der Waals surface area contributed by atoms with Crippen molar-refractivity contribution in [2.45, 2.75) is 26.7 Å². The molecule has 1 fully saturated rings. The molecule has 1 rings (SSSR count). The minimum Gasteiger partial charge on any atom is -0.481 e. The third-order valence-corrected chi connectivity index (χ3v) is 5.48. The van der Waals surface area contributed by atoms with Crippen molar-refractivity contribution in [3.63, 3.8) is 0 Å². The van der Waals surface area contributed by atoms with Gasteiger partial charge in [-0.05, 0) is 19.8 Å². The molecule has 1 N–H and O–H groups in total. The van der Waals surface area contributed by atoms with Gasteiger partial charge < -0.3 is 5.11 Å². The molecule has 1 aliphatic heterocycles. The Bertz CT molecular complexity index is 485. The van der Waals surface area contributed by atoms with Crippen LogP contribution in [-0.4, -0.2) is 54.3 Å². The van der Waals surface area contributed by atoms with Gasteiger partial charge in [0.2, 0.25) is 0 Å². The smallest absolute Gasteiger partial charge is 0.307 e. The van der Waals surface area contributed by atoms with Crippen LogP contribution in [0.3, 0.4) is 0 Å². The Morgan fingerprint density at radius 2 is 2.25 bits per heavy atom. The number of carboxylic acids is 1. The Hall–Kier alpha value is -1.17. The van der Waals surface area contributed by atoms with Gasteiger partial charge in [0.05, 0.1) is 17.9 Å². The van der Waals surface area contributed by atoms with Crippen LogP contribution in [0.1, 0.15) is 26.7 Å². The zero-order valence-electron chi connectivity index (χ0n) is 11.8. The van der Waals surface area contributed by atoms with E-state index in [9.17, 15) is 13.2 Å². The van der Waals surface area contributed by atoms with Crippen molar-refractivity contribution in [2.24, 2.45) is 11.8 Å². The van der Waals surface area contributed by atoms with Crippen LogP contribution in [0.2, 0.25) is 0 Å². The van der Waals surface area contributed by atoms with E-state index in [4.69, 9.17) is 10.4 Å². The molecular weight excluding hydrogens is 282 g/mol. The van der Waals surface area contributed by atoms with Crippen molar-refractivity contribution in [1.29, 1.82) is 5.26 Å². The van der Waals surface area contributed by atoms with Gasteiger partial charge in [-0.2, -0.15) is 22.3 Å². The number of rotatable bonds is 6. The highest BCUT2D eigenvalue weighted by molar-refractivity contribution is 7.86. The van der Waals surface area contributed by atoms with Gasteiger partial charge >= 0.3 is 5.97 Å². The van der Waals surface area contributed by atoms with E-state index in [-0.39, 0.29) is 19.6 Å². The van der Waals surface area contributed by atoms with E-state index in [1.54, 1.807) is 13.8 Å². The van der Waals surface area contributed by atoms with Gasteiger partial charge in [-0.1, -0.05) is 6.92 Å². The topological polar surface area (TPSA) is 102 Å². The Kier molecular flexibility index (Phi) is 5.92. The third kappa shape index (κ3) is 3.91. The largest absolute Gasteiger partial charge is 0.481 e. The van der Waals surface area contributed by atoms with Crippen LogP contribution in [0.25, 0.3) is 0 Å². The minimum atomic E-state index is -3.69. The maximum Gasteiger partial charge on any atom is 0.307 e. The van der Waals surface area contributed by atoms with Crippen LogP contribution >= 0.6 is 0 Å². The Labute approximate surface area is 120 Å². The molecule has 7 nitrogen and oxygen atoms in total. The number of hydrogen-bond donors (Lipinski definition) is 1. The summed E-state index contributed by atoms with van der Waals surface area (Å²) in [7, 11) is -3.69.